The molecule has 16 heavy (non-hydrogen) atoms. The highest BCUT2D eigenvalue weighted by atomic mass is 16.2. The molecule has 2 aliphatic heterocycles. The Morgan fingerprint density at radius 2 is 2.12 bits per heavy atom. The van der Waals surface area contributed by atoms with Gasteiger partial charge in [-0.05, 0) is 18.6 Å². The van der Waals surface area contributed by atoms with Crippen molar-refractivity contribution in [3.8, 4) is 0 Å². The van der Waals surface area contributed by atoms with Gasteiger partial charge in [0.05, 0.1) is 5.41 Å². The monoisotopic (exact) mass is 217 g/mol. The van der Waals surface area contributed by atoms with Gasteiger partial charge in [0.15, 0.2) is 5.66 Å². The number of hydrogen-bond acceptors (Lipinski definition) is 3. The number of amides is 1. The Labute approximate surface area is 94.4 Å². The Balaban J connectivity index is 2.23. The summed E-state index contributed by atoms with van der Waals surface area (Å²) in [5.41, 5.74) is 7.08. The van der Waals surface area contributed by atoms with Gasteiger partial charge in [-0.25, -0.2) is 0 Å². The molecule has 1 aromatic rings. The summed E-state index contributed by atoms with van der Waals surface area (Å²) in [7, 11) is 1.80. The highest BCUT2D eigenvalue weighted by molar-refractivity contribution is 5.96. The predicted octanol–water partition coefficient (Wildman–Crippen LogP) is 0.497. The van der Waals surface area contributed by atoms with Gasteiger partial charge in [0, 0.05) is 19.3 Å². The van der Waals surface area contributed by atoms with Gasteiger partial charge < -0.3 is 16.0 Å². The number of benzene rings is 1. The average molecular weight is 217 g/mol. The molecule has 1 saturated heterocycles. The average Bonchev–Trinajstić information content (AvgIpc) is 2.57. The number of likely N-dealkylation sites (N-methyl/N-ethyl adjacent to an activating group) is 1. The Bertz CT molecular complexity index is 487. The molecule has 4 heteroatoms. The first-order chi connectivity index (χ1) is 7.49. The second-order valence-electron chi connectivity index (χ2n) is 4.97. The summed E-state index contributed by atoms with van der Waals surface area (Å²) < 4.78 is 0. The summed E-state index contributed by atoms with van der Waals surface area (Å²) in [6.45, 7) is 2.71. The van der Waals surface area contributed by atoms with Crippen LogP contribution in [-0.4, -0.2) is 30.1 Å². The minimum Gasteiger partial charge on any atom is -0.359 e. The predicted molar refractivity (Wildman–Crippen MR) is 62.0 cm³/mol. The number of nitrogens with two attached hydrogens (primary N) is 1. The number of likely N-dealkylation sites (tertiary alicyclic amines) is 1. The molecule has 84 valence electrons. The maximum absolute atomic E-state index is 12.1. The van der Waals surface area contributed by atoms with E-state index in [2.05, 4.69) is 5.32 Å². The smallest absolute Gasteiger partial charge is 0.263 e. The number of anilines is 1. The molecule has 0 radical (unpaired) electrons. The molecular weight excluding hydrogens is 202 g/mol. The second kappa shape index (κ2) is 2.58. The zero-order valence-electron chi connectivity index (χ0n) is 9.45. The van der Waals surface area contributed by atoms with Crippen LogP contribution < -0.4 is 11.1 Å². The summed E-state index contributed by atoms with van der Waals surface area (Å²) in [6, 6.07) is 7.96. The fourth-order valence-corrected chi connectivity index (χ4v) is 2.98. The molecule has 0 unspecified atom stereocenters. The van der Waals surface area contributed by atoms with E-state index >= 15 is 0 Å². The maximum atomic E-state index is 12.1. The van der Waals surface area contributed by atoms with Gasteiger partial charge in [-0.1, -0.05) is 18.2 Å². The van der Waals surface area contributed by atoms with Crippen molar-refractivity contribution in [1.29, 1.82) is 0 Å². The summed E-state index contributed by atoms with van der Waals surface area (Å²) in [6.07, 6.45) is 0. The standard InChI is InChI=1S/C12H15N3O/c1-11-7-15(2)10(16)12(11,13)14-9-6-4-3-5-8(9)11/h3-6,14H,7,13H2,1-2H3/t11-,12-/m0/s1. The first-order valence-electron chi connectivity index (χ1n) is 5.41. The summed E-state index contributed by atoms with van der Waals surface area (Å²) in [4.78, 5) is 13.8. The number of nitrogens with zero attached hydrogens (tertiary/aromatic N) is 1. The lowest BCUT2D eigenvalue weighted by atomic mass is 9.77. The highest BCUT2D eigenvalue weighted by Gasteiger charge is 2.63. The number of nitrogens with one attached hydrogen (secondary N) is 1. The minimum absolute atomic E-state index is 0.0359. The Hall–Kier alpha value is -1.55. The van der Waals surface area contributed by atoms with Crippen molar-refractivity contribution < 1.29 is 4.79 Å². The third kappa shape index (κ3) is 0.826. The molecule has 3 N–H and O–H groups in total. The lowest BCUT2D eigenvalue weighted by Crippen LogP contribution is -2.60. The molecule has 2 aliphatic rings. The quantitative estimate of drug-likeness (QED) is 0.665. The van der Waals surface area contributed by atoms with Crippen molar-refractivity contribution in [3.63, 3.8) is 0 Å². The van der Waals surface area contributed by atoms with Crippen molar-refractivity contribution in [2.75, 3.05) is 18.9 Å². The van der Waals surface area contributed by atoms with E-state index in [1.165, 1.54) is 0 Å². The van der Waals surface area contributed by atoms with Gasteiger partial charge in [0.1, 0.15) is 0 Å². The molecule has 0 aliphatic carbocycles. The Morgan fingerprint density at radius 1 is 1.44 bits per heavy atom. The molecule has 1 aromatic carbocycles. The van der Waals surface area contributed by atoms with Crippen LogP contribution >= 0.6 is 0 Å². The van der Waals surface area contributed by atoms with Crippen molar-refractivity contribution in [2.45, 2.75) is 18.0 Å². The molecule has 2 atom stereocenters. The zero-order valence-corrected chi connectivity index (χ0v) is 9.45. The van der Waals surface area contributed by atoms with E-state index in [0.29, 0.717) is 6.54 Å². The summed E-state index contributed by atoms with van der Waals surface area (Å²) in [5, 5.41) is 3.18. The number of rotatable bonds is 0. The summed E-state index contributed by atoms with van der Waals surface area (Å²) in [5.74, 6) is -0.0359. The zero-order chi connectivity index (χ0) is 11.6. The van der Waals surface area contributed by atoms with Crippen LogP contribution in [0.5, 0.6) is 0 Å². The molecular formula is C12H15N3O. The van der Waals surface area contributed by atoms with Crippen LogP contribution in [-0.2, 0) is 10.2 Å². The largest absolute Gasteiger partial charge is 0.359 e. The van der Waals surface area contributed by atoms with Gasteiger partial charge >= 0.3 is 0 Å². The first-order valence-corrected chi connectivity index (χ1v) is 5.41. The van der Waals surface area contributed by atoms with E-state index in [4.69, 9.17) is 5.73 Å². The van der Waals surface area contributed by atoms with Crippen LogP contribution in [0.1, 0.15) is 12.5 Å². The second-order valence-corrected chi connectivity index (χ2v) is 4.97. The first kappa shape index (κ1) is 9.66. The Morgan fingerprint density at radius 3 is 2.88 bits per heavy atom. The van der Waals surface area contributed by atoms with Crippen LogP contribution in [0.25, 0.3) is 0 Å². The highest BCUT2D eigenvalue weighted by Crippen LogP contribution is 2.49. The van der Waals surface area contributed by atoms with Gasteiger partial charge in [0.2, 0.25) is 0 Å². The Kier molecular flexibility index (Phi) is 1.56. The molecule has 0 spiro atoms. The molecule has 0 saturated carbocycles. The van der Waals surface area contributed by atoms with Gasteiger partial charge in [0.25, 0.3) is 5.91 Å². The number of carbonyl (C=O) groups excluding carboxylic acids is 1. The number of carbonyl (C=O) groups is 1. The van der Waals surface area contributed by atoms with Crippen LogP contribution in [0.3, 0.4) is 0 Å². The van der Waals surface area contributed by atoms with E-state index in [1.807, 2.05) is 31.2 Å². The molecule has 0 bridgehead atoms. The van der Waals surface area contributed by atoms with E-state index in [-0.39, 0.29) is 11.3 Å². The lowest BCUT2D eigenvalue weighted by molar-refractivity contribution is -0.130. The van der Waals surface area contributed by atoms with Crippen LogP contribution in [0.4, 0.5) is 5.69 Å². The van der Waals surface area contributed by atoms with Gasteiger partial charge in [-0.15, -0.1) is 0 Å². The van der Waals surface area contributed by atoms with E-state index in [9.17, 15) is 4.79 Å². The van der Waals surface area contributed by atoms with Crippen LogP contribution in [0.15, 0.2) is 24.3 Å². The molecule has 2 heterocycles. The third-order valence-electron chi connectivity index (χ3n) is 3.96. The lowest BCUT2D eigenvalue weighted by Gasteiger charge is -2.30. The minimum atomic E-state index is -0.981. The number of hydrogen-bond donors (Lipinski definition) is 2. The fraction of sp³-hybridized carbons (Fsp3) is 0.417. The number of fused-ring (bicyclic) bond motifs is 3. The number of para-hydroxylation sites is 1. The van der Waals surface area contributed by atoms with Crippen LogP contribution in [0, 0.1) is 0 Å². The van der Waals surface area contributed by atoms with Crippen molar-refractivity contribution >= 4 is 11.6 Å². The normalized spacial score (nSPS) is 35.9. The van der Waals surface area contributed by atoms with Crippen molar-refractivity contribution in [1.82, 2.24) is 4.90 Å². The molecule has 3 rings (SSSR count). The molecule has 1 fully saturated rings. The summed E-state index contributed by atoms with van der Waals surface area (Å²) >= 11 is 0. The van der Waals surface area contributed by atoms with Crippen molar-refractivity contribution in [2.24, 2.45) is 5.73 Å². The topological polar surface area (TPSA) is 58.4 Å². The molecule has 0 aromatic heterocycles. The third-order valence-corrected chi connectivity index (χ3v) is 3.96. The van der Waals surface area contributed by atoms with Gasteiger partial charge in [-0.2, -0.15) is 0 Å². The molecule has 1 amide bonds. The van der Waals surface area contributed by atoms with E-state index < -0.39 is 5.66 Å². The maximum Gasteiger partial charge on any atom is 0.263 e. The molecule has 4 nitrogen and oxygen atoms in total. The van der Waals surface area contributed by atoms with Crippen molar-refractivity contribution in [3.05, 3.63) is 29.8 Å². The van der Waals surface area contributed by atoms with Crippen LogP contribution in [0.2, 0.25) is 0 Å². The van der Waals surface area contributed by atoms with E-state index in [0.717, 1.165) is 11.3 Å². The fourth-order valence-electron chi connectivity index (χ4n) is 2.98. The van der Waals surface area contributed by atoms with E-state index in [1.54, 1.807) is 11.9 Å². The van der Waals surface area contributed by atoms with Gasteiger partial charge in [-0.3, -0.25) is 4.79 Å². The SMILES string of the molecule is CN1C[C@@]2(C)c3ccccc3N[C@@]2(N)C1=O.